The molecule has 118 valence electrons. The van der Waals surface area contributed by atoms with Gasteiger partial charge in [-0.2, -0.15) is 0 Å². The number of aryl methyl sites for hydroxylation is 2. The van der Waals surface area contributed by atoms with Crippen LogP contribution in [0.5, 0.6) is 0 Å². The topological polar surface area (TPSA) is 44.1 Å². The Morgan fingerprint density at radius 3 is 3.09 bits per heavy atom. The average molecular weight is 336 g/mol. The third kappa shape index (κ3) is 2.51. The maximum Gasteiger partial charge on any atom is 0.262 e. The highest BCUT2D eigenvalue weighted by atomic mass is 32.2. The van der Waals surface area contributed by atoms with E-state index >= 15 is 0 Å². The zero-order valence-corrected chi connectivity index (χ0v) is 14.4. The van der Waals surface area contributed by atoms with Crippen LogP contribution in [0.15, 0.2) is 9.95 Å². The van der Waals surface area contributed by atoms with Gasteiger partial charge in [-0.1, -0.05) is 11.8 Å². The SMILES string of the molecule is Cn1c(SCC2CCCCO2)nc2sc3c(c2c1=O)CCC3. The first kappa shape index (κ1) is 14.7. The molecule has 4 nitrogen and oxygen atoms in total. The van der Waals surface area contributed by atoms with Crippen molar-refractivity contribution < 1.29 is 4.74 Å². The molecule has 1 unspecified atom stereocenters. The molecular formula is C16H20N2O2S2. The van der Waals surface area contributed by atoms with Gasteiger partial charge in [0, 0.05) is 24.3 Å². The van der Waals surface area contributed by atoms with E-state index in [-0.39, 0.29) is 5.56 Å². The summed E-state index contributed by atoms with van der Waals surface area (Å²) >= 11 is 3.37. The number of fused-ring (bicyclic) bond motifs is 3. The number of rotatable bonds is 3. The number of hydrogen-bond donors (Lipinski definition) is 0. The molecule has 0 saturated carbocycles. The molecule has 2 aliphatic rings. The summed E-state index contributed by atoms with van der Waals surface area (Å²) in [5, 5.41) is 1.70. The Labute approximate surface area is 137 Å². The number of nitrogens with zero attached hydrogens (tertiary/aromatic N) is 2. The standard InChI is InChI=1S/C16H20N2O2S2/c1-18-15(19)13-11-6-4-7-12(11)22-14(13)17-16(18)21-9-10-5-2-3-8-20-10/h10H,2-9H2,1H3. The fourth-order valence-electron chi connectivity index (χ4n) is 3.34. The largest absolute Gasteiger partial charge is 0.377 e. The first-order chi connectivity index (χ1) is 10.7. The lowest BCUT2D eigenvalue weighted by atomic mass is 10.1. The van der Waals surface area contributed by atoms with Crippen LogP contribution in [0.4, 0.5) is 0 Å². The fraction of sp³-hybridized carbons (Fsp3) is 0.625. The number of hydrogen-bond acceptors (Lipinski definition) is 5. The van der Waals surface area contributed by atoms with Gasteiger partial charge >= 0.3 is 0 Å². The molecule has 0 spiro atoms. The van der Waals surface area contributed by atoms with Gasteiger partial charge in [0.25, 0.3) is 5.56 Å². The third-order valence-electron chi connectivity index (χ3n) is 4.58. The van der Waals surface area contributed by atoms with Gasteiger partial charge in [0.05, 0.1) is 11.5 Å². The zero-order valence-electron chi connectivity index (χ0n) is 12.8. The first-order valence-corrected chi connectivity index (χ1v) is 9.80. The summed E-state index contributed by atoms with van der Waals surface area (Å²) in [4.78, 5) is 19.8. The van der Waals surface area contributed by atoms with Crippen LogP contribution in [0.25, 0.3) is 10.2 Å². The van der Waals surface area contributed by atoms with Gasteiger partial charge in [-0.25, -0.2) is 4.98 Å². The van der Waals surface area contributed by atoms with Crippen molar-refractivity contribution in [2.24, 2.45) is 7.05 Å². The van der Waals surface area contributed by atoms with E-state index in [9.17, 15) is 4.79 Å². The molecule has 2 aromatic rings. The first-order valence-electron chi connectivity index (χ1n) is 7.99. The van der Waals surface area contributed by atoms with Crippen molar-refractivity contribution in [2.75, 3.05) is 12.4 Å². The predicted octanol–water partition coefficient (Wildman–Crippen LogP) is 3.14. The highest BCUT2D eigenvalue weighted by molar-refractivity contribution is 7.99. The molecule has 3 heterocycles. The second-order valence-electron chi connectivity index (χ2n) is 6.10. The predicted molar refractivity (Wildman–Crippen MR) is 91.2 cm³/mol. The Morgan fingerprint density at radius 2 is 2.27 bits per heavy atom. The van der Waals surface area contributed by atoms with Crippen molar-refractivity contribution in [1.29, 1.82) is 0 Å². The third-order valence-corrected chi connectivity index (χ3v) is 6.93. The number of thiophene rings is 1. The van der Waals surface area contributed by atoms with Crippen LogP contribution in [0, 0.1) is 0 Å². The summed E-state index contributed by atoms with van der Waals surface area (Å²) in [7, 11) is 1.85. The lowest BCUT2D eigenvalue weighted by Crippen LogP contribution is -2.23. The van der Waals surface area contributed by atoms with E-state index in [0.29, 0.717) is 6.10 Å². The van der Waals surface area contributed by atoms with Crippen LogP contribution in [0.3, 0.4) is 0 Å². The molecule has 0 amide bonds. The normalized spacial score (nSPS) is 21.4. The molecule has 2 aromatic heterocycles. The van der Waals surface area contributed by atoms with E-state index in [4.69, 9.17) is 9.72 Å². The van der Waals surface area contributed by atoms with E-state index in [1.54, 1.807) is 27.7 Å². The van der Waals surface area contributed by atoms with Crippen molar-refractivity contribution in [2.45, 2.75) is 49.8 Å². The number of thioether (sulfide) groups is 1. The van der Waals surface area contributed by atoms with Crippen LogP contribution in [-0.4, -0.2) is 28.0 Å². The minimum absolute atomic E-state index is 0.122. The highest BCUT2D eigenvalue weighted by Crippen LogP contribution is 2.35. The van der Waals surface area contributed by atoms with Crippen molar-refractivity contribution in [3.63, 3.8) is 0 Å². The van der Waals surface area contributed by atoms with Gasteiger partial charge in [0.1, 0.15) is 4.83 Å². The molecular weight excluding hydrogens is 316 g/mol. The van der Waals surface area contributed by atoms with Crippen LogP contribution >= 0.6 is 23.1 Å². The molecule has 22 heavy (non-hydrogen) atoms. The second kappa shape index (κ2) is 5.98. The lowest BCUT2D eigenvalue weighted by molar-refractivity contribution is 0.0315. The quantitative estimate of drug-likeness (QED) is 0.638. The van der Waals surface area contributed by atoms with Crippen LogP contribution in [0.1, 0.15) is 36.1 Å². The Hall–Kier alpha value is -0.850. The average Bonchev–Trinajstić information content (AvgIpc) is 3.11. The Kier molecular flexibility index (Phi) is 4.00. The Morgan fingerprint density at radius 1 is 1.36 bits per heavy atom. The molecule has 1 fully saturated rings. The molecule has 0 radical (unpaired) electrons. The summed E-state index contributed by atoms with van der Waals surface area (Å²) in [6.07, 6.45) is 7.16. The lowest BCUT2D eigenvalue weighted by Gasteiger charge is -2.22. The number of aromatic nitrogens is 2. The Bertz CT molecular complexity index is 760. The smallest absolute Gasteiger partial charge is 0.262 e. The molecule has 0 bridgehead atoms. The molecule has 1 aliphatic carbocycles. The second-order valence-corrected chi connectivity index (χ2v) is 8.17. The molecule has 1 aliphatic heterocycles. The van der Waals surface area contributed by atoms with Gasteiger partial charge < -0.3 is 4.74 Å². The molecule has 0 aromatic carbocycles. The number of ether oxygens (including phenoxy) is 1. The minimum Gasteiger partial charge on any atom is -0.377 e. The van der Waals surface area contributed by atoms with Crippen LogP contribution in [-0.2, 0) is 24.6 Å². The van der Waals surface area contributed by atoms with Gasteiger partial charge in [0.2, 0.25) is 0 Å². The molecule has 4 rings (SSSR count). The van der Waals surface area contributed by atoms with Crippen molar-refractivity contribution in [3.05, 3.63) is 20.8 Å². The maximum absolute atomic E-state index is 12.7. The van der Waals surface area contributed by atoms with Crippen LogP contribution in [0.2, 0.25) is 0 Å². The molecule has 1 atom stereocenters. The van der Waals surface area contributed by atoms with Crippen LogP contribution < -0.4 is 5.56 Å². The van der Waals surface area contributed by atoms with Crippen molar-refractivity contribution in [3.8, 4) is 0 Å². The molecule has 1 saturated heterocycles. The van der Waals surface area contributed by atoms with E-state index < -0.39 is 0 Å². The molecule has 0 N–H and O–H groups in total. The maximum atomic E-state index is 12.7. The van der Waals surface area contributed by atoms with Gasteiger partial charge in [0.15, 0.2) is 5.16 Å². The summed E-state index contributed by atoms with van der Waals surface area (Å²) < 4.78 is 7.50. The summed E-state index contributed by atoms with van der Waals surface area (Å²) in [5.41, 5.74) is 1.39. The van der Waals surface area contributed by atoms with Crippen molar-refractivity contribution in [1.82, 2.24) is 9.55 Å². The fourth-order valence-corrected chi connectivity index (χ4v) is 5.68. The summed E-state index contributed by atoms with van der Waals surface area (Å²) in [5.74, 6) is 0.886. The highest BCUT2D eigenvalue weighted by Gasteiger charge is 2.23. The van der Waals surface area contributed by atoms with E-state index in [1.807, 2.05) is 7.05 Å². The van der Waals surface area contributed by atoms with E-state index in [2.05, 4.69) is 0 Å². The monoisotopic (exact) mass is 336 g/mol. The van der Waals surface area contributed by atoms with Crippen molar-refractivity contribution >= 4 is 33.3 Å². The summed E-state index contributed by atoms with van der Waals surface area (Å²) in [6, 6.07) is 0. The van der Waals surface area contributed by atoms with Gasteiger partial charge in [-0.15, -0.1) is 11.3 Å². The molecule has 6 heteroatoms. The summed E-state index contributed by atoms with van der Waals surface area (Å²) in [6.45, 7) is 0.869. The Balaban J connectivity index is 1.64. The van der Waals surface area contributed by atoms with E-state index in [0.717, 1.165) is 47.0 Å². The minimum atomic E-state index is 0.122. The zero-order chi connectivity index (χ0) is 15.1. The van der Waals surface area contributed by atoms with Gasteiger partial charge in [-0.3, -0.25) is 9.36 Å². The van der Waals surface area contributed by atoms with E-state index in [1.165, 1.54) is 29.7 Å². The van der Waals surface area contributed by atoms with Gasteiger partial charge in [-0.05, 0) is 44.1 Å².